The van der Waals surface area contributed by atoms with Crippen LogP contribution in [0.3, 0.4) is 0 Å². The maximum absolute atomic E-state index is 5.42. The molecule has 0 aliphatic carbocycles. The molecule has 0 saturated carbocycles. The van der Waals surface area contributed by atoms with Crippen molar-refractivity contribution in [2.45, 2.75) is 37.9 Å². The summed E-state index contributed by atoms with van der Waals surface area (Å²) in [6, 6.07) is 0. The van der Waals surface area contributed by atoms with Gasteiger partial charge in [0, 0.05) is 20.6 Å². The molecule has 0 aromatic carbocycles. The summed E-state index contributed by atoms with van der Waals surface area (Å²) in [5.41, 5.74) is 0. The van der Waals surface area contributed by atoms with E-state index in [0.29, 0.717) is 6.42 Å². The van der Waals surface area contributed by atoms with Gasteiger partial charge in [-0.15, -0.1) is 0 Å². The molecule has 2 N–H and O–H groups in total. The monoisotopic (exact) mass is 191 g/mol. The van der Waals surface area contributed by atoms with Crippen molar-refractivity contribution in [1.82, 2.24) is 0 Å². The maximum atomic E-state index is 5.42. The molecule has 4 atom stereocenters. The zero-order valence-electron chi connectivity index (χ0n) is 8.23. The number of hydrogen-bond acceptors (Lipinski definition) is 5. The Morgan fingerprint density at radius 3 is 2.46 bits per heavy atom. The Balaban J connectivity index is 2.57. The number of rotatable bonds is 3. The largest absolute Gasteiger partial charge is 0.378 e. The van der Waals surface area contributed by atoms with Crippen LogP contribution in [0, 0.1) is 0 Å². The van der Waals surface area contributed by atoms with Gasteiger partial charge in [-0.2, -0.15) is 0 Å². The first kappa shape index (κ1) is 10.9. The smallest absolute Gasteiger partial charge is 0.179 e. The lowest BCUT2D eigenvalue weighted by atomic mass is 10.0. The molecule has 1 heterocycles. The Morgan fingerprint density at radius 2 is 2.00 bits per heavy atom. The van der Waals surface area contributed by atoms with E-state index in [0.717, 1.165) is 0 Å². The van der Waals surface area contributed by atoms with E-state index in [9.17, 15) is 0 Å². The Labute approximate surface area is 78.0 Å². The second-order valence-corrected chi connectivity index (χ2v) is 3.12. The summed E-state index contributed by atoms with van der Waals surface area (Å²) in [6.45, 7) is 1.91. The van der Waals surface area contributed by atoms with Crippen molar-refractivity contribution in [3.8, 4) is 0 Å². The molecule has 1 fully saturated rings. The third-order valence-corrected chi connectivity index (χ3v) is 2.35. The quantitative estimate of drug-likeness (QED) is 0.638. The van der Waals surface area contributed by atoms with Crippen LogP contribution in [0.4, 0.5) is 0 Å². The van der Waals surface area contributed by atoms with Gasteiger partial charge in [0.2, 0.25) is 0 Å². The van der Waals surface area contributed by atoms with E-state index < -0.39 is 6.29 Å². The number of hydrogen-bond donors (Lipinski definition) is 1. The van der Waals surface area contributed by atoms with Crippen LogP contribution in [0.2, 0.25) is 0 Å². The molecule has 0 amide bonds. The van der Waals surface area contributed by atoms with Gasteiger partial charge in [0.15, 0.2) is 6.29 Å². The van der Waals surface area contributed by atoms with E-state index in [1.807, 2.05) is 6.92 Å². The van der Waals surface area contributed by atoms with Crippen LogP contribution in [-0.2, 0) is 19.0 Å². The predicted octanol–water partition coefficient (Wildman–Crippen LogP) is 0.0416. The highest BCUT2D eigenvalue weighted by Gasteiger charge is 2.37. The van der Waals surface area contributed by atoms with Gasteiger partial charge in [-0.1, -0.05) is 0 Å². The summed E-state index contributed by atoms with van der Waals surface area (Å²) >= 11 is 0. The molecule has 13 heavy (non-hydrogen) atoms. The van der Waals surface area contributed by atoms with E-state index in [2.05, 4.69) is 4.84 Å². The minimum absolute atomic E-state index is 0.0256. The SMILES string of the molecule is CO[C@H]1[C@H](C)O[C@@H](ON)C[C@@H]1OC. The van der Waals surface area contributed by atoms with E-state index in [4.69, 9.17) is 20.1 Å². The average Bonchev–Trinajstić information content (AvgIpc) is 2.16. The van der Waals surface area contributed by atoms with Crippen molar-refractivity contribution in [3.63, 3.8) is 0 Å². The minimum atomic E-state index is -0.397. The van der Waals surface area contributed by atoms with E-state index in [1.165, 1.54) is 0 Å². The number of ether oxygens (including phenoxy) is 3. The molecule has 0 spiro atoms. The summed E-state index contributed by atoms with van der Waals surface area (Å²) in [5.74, 6) is 5.05. The predicted molar refractivity (Wildman–Crippen MR) is 45.8 cm³/mol. The molecule has 0 radical (unpaired) electrons. The molecule has 0 bridgehead atoms. The second kappa shape index (κ2) is 4.88. The Kier molecular flexibility index (Phi) is 4.08. The first-order chi connectivity index (χ1) is 6.22. The molecule has 1 aliphatic heterocycles. The zero-order chi connectivity index (χ0) is 9.84. The normalized spacial score (nSPS) is 40.6. The van der Waals surface area contributed by atoms with Crippen molar-refractivity contribution < 1.29 is 19.0 Å². The van der Waals surface area contributed by atoms with Crippen LogP contribution < -0.4 is 5.90 Å². The van der Waals surface area contributed by atoms with Gasteiger partial charge in [0.25, 0.3) is 0 Å². The highest BCUT2D eigenvalue weighted by molar-refractivity contribution is 4.82. The van der Waals surface area contributed by atoms with E-state index in [1.54, 1.807) is 14.2 Å². The molecule has 0 aromatic rings. The molecule has 0 unspecified atom stereocenters. The standard InChI is InChI=1S/C8H17NO4/c1-5-8(11-3)6(10-2)4-7(12-5)13-9/h5-8H,4,9H2,1-3H3/t5-,6-,7-,8-/m0/s1. The molecule has 1 rings (SSSR count). The fourth-order valence-corrected chi connectivity index (χ4v) is 1.66. The molecule has 1 aliphatic rings. The van der Waals surface area contributed by atoms with Gasteiger partial charge in [-0.25, -0.2) is 5.90 Å². The van der Waals surface area contributed by atoms with Crippen molar-refractivity contribution in [1.29, 1.82) is 0 Å². The minimum Gasteiger partial charge on any atom is -0.378 e. The number of nitrogens with two attached hydrogens (primary N) is 1. The van der Waals surface area contributed by atoms with E-state index in [-0.39, 0.29) is 18.3 Å². The first-order valence-corrected chi connectivity index (χ1v) is 4.29. The van der Waals surface area contributed by atoms with Crippen molar-refractivity contribution in [2.75, 3.05) is 14.2 Å². The second-order valence-electron chi connectivity index (χ2n) is 3.12. The molecular weight excluding hydrogens is 174 g/mol. The van der Waals surface area contributed by atoms with Gasteiger partial charge in [0.1, 0.15) is 6.10 Å². The summed E-state index contributed by atoms with van der Waals surface area (Å²) in [4.78, 5) is 4.63. The van der Waals surface area contributed by atoms with Crippen molar-refractivity contribution in [2.24, 2.45) is 5.90 Å². The summed E-state index contributed by atoms with van der Waals surface area (Å²) in [6.07, 6.45) is 0.0397. The third kappa shape index (κ3) is 2.38. The summed E-state index contributed by atoms with van der Waals surface area (Å²) in [7, 11) is 3.28. The van der Waals surface area contributed by atoms with Gasteiger partial charge in [0.05, 0.1) is 12.2 Å². The Hall–Kier alpha value is -0.200. The van der Waals surface area contributed by atoms with Crippen LogP contribution in [0.1, 0.15) is 13.3 Å². The van der Waals surface area contributed by atoms with Crippen LogP contribution in [0.5, 0.6) is 0 Å². The lowest BCUT2D eigenvalue weighted by molar-refractivity contribution is -0.256. The fraction of sp³-hybridized carbons (Fsp3) is 1.00. The van der Waals surface area contributed by atoms with Gasteiger partial charge in [-0.05, 0) is 6.92 Å². The van der Waals surface area contributed by atoms with E-state index >= 15 is 0 Å². The topological polar surface area (TPSA) is 62.9 Å². The molecule has 78 valence electrons. The lowest BCUT2D eigenvalue weighted by Crippen LogP contribution is -2.49. The van der Waals surface area contributed by atoms with Crippen LogP contribution in [-0.4, -0.2) is 38.8 Å². The highest BCUT2D eigenvalue weighted by atomic mass is 16.8. The summed E-state index contributed by atoms with van der Waals surface area (Å²) in [5, 5.41) is 0. The fourth-order valence-electron chi connectivity index (χ4n) is 1.66. The maximum Gasteiger partial charge on any atom is 0.179 e. The highest BCUT2D eigenvalue weighted by Crippen LogP contribution is 2.23. The first-order valence-electron chi connectivity index (χ1n) is 4.29. The van der Waals surface area contributed by atoms with Crippen molar-refractivity contribution >= 4 is 0 Å². The summed E-state index contributed by atoms with van der Waals surface area (Å²) < 4.78 is 15.9. The molecule has 1 saturated heterocycles. The van der Waals surface area contributed by atoms with Gasteiger partial charge < -0.3 is 14.2 Å². The molecule has 0 aromatic heterocycles. The average molecular weight is 191 g/mol. The molecule has 5 nitrogen and oxygen atoms in total. The van der Waals surface area contributed by atoms with Crippen LogP contribution in [0.25, 0.3) is 0 Å². The zero-order valence-corrected chi connectivity index (χ0v) is 8.23. The van der Waals surface area contributed by atoms with Crippen LogP contribution >= 0.6 is 0 Å². The van der Waals surface area contributed by atoms with Gasteiger partial charge >= 0.3 is 0 Å². The van der Waals surface area contributed by atoms with Gasteiger partial charge in [-0.3, -0.25) is 4.84 Å². The Morgan fingerprint density at radius 1 is 1.31 bits per heavy atom. The number of methoxy groups -OCH3 is 2. The van der Waals surface area contributed by atoms with Crippen LogP contribution in [0.15, 0.2) is 0 Å². The third-order valence-electron chi connectivity index (χ3n) is 2.35. The van der Waals surface area contributed by atoms with Crippen molar-refractivity contribution in [3.05, 3.63) is 0 Å². The molecule has 5 heteroatoms. The lowest BCUT2D eigenvalue weighted by Gasteiger charge is -2.37. The Bertz CT molecular complexity index is 155. The molecular formula is C8H17NO4.